The molecule has 6 heteroatoms. The van der Waals surface area contributed by atoms with Crippen molar-refractivity contribution in [1.82, 2.24) is 19.5 Å². The quantitative estimate of drug-likeness (QED) is 0.166. The number of rotatable bonds is 6. The third-order valence-corrected chi connectivity index (χ3v) is 14.4. The molecule has 0 saturated carbocycles. The lowest BCUT2D eigenvalue weighted by Gasteiger charge is -2.42. The minimum absolute atomic E-state index is 0.247. The summed E-state index contributed by atoms with van der Waals surface area (Å²) in [6.45, 7) is 4.69. The fourth-order valence-corrected chi connectivity index (χ4v) is 11.0. The van der Waals surface area contributed by atoms with Gasteiger partial charge >= 0.3 is 0 Å². The summed E-state index contributed by atoms with van der Waals surface area (Å²) in [4.78, 5) is 18.3. The van der Waals surface area contributed by atoms with E-state index in [0.29, 0.717) is 17.4 Å². The van der Waals surface area contributed by atoms with Crippen molar-refractivity contribution in [2.45, 2.75) is 19.3 Å². The Morgan fingerprint density at radius 1 is 0.429 bits per heavy atom. The van der Waals surface area contributed by atoms with Crippen molar-refractivity contribution >= 4 is 71.6 Å². The minimum atomic E-state index is -0.247. The topological polar surface area (TPSA) is 60.0 Å². The molecule has 0 bridgehead atoms. The molecule has 0 spiro atoms. The zero-order chi connectivity index (χ0) is 46.5. The highest BCUT2D eigenvalue weighted by Gasteiger charge is 2.37. The van der Waals surface area contributed by atoms with E-state index in [9.17, 15) is 0 Å². The standard InChI is InChI=1S/C64H43N5O/c1-64(2)52-25-12-14-27-57(52)68(46-20-7-4-8-21-46)58-37-33-45(39-53(58)64)44-32-36-56-51(38-44)49-34-35-55-61(70-62(65-55)43-17-5-3-6-18-43)60(49)69(56)63-66-54-26-13-11-23-50(54)59(67-63)42-30-28-41(29-31-42)48-24-15-19-40-16-9-10-22-47(40)48/h3-39H,1-2H3. The smallest absolute Gasteiger partial charge is 0.235 e. The number of benzene rings is 10. The Bertz CT molecular complexity index is 4200. The largest absolute Gasteiger partial charge is 0.434 e. The number of fused-ring (bicyclic) bond motifs is 9. The van der Waals surface area contributed by atoms with Crippen LogP contribution in [0.15, 0.2) is 229 Å². The second kappa shape index (κ2) is 15.5. The minimum Gasteiger partial charge on any atom is -0.434 e. The average Bonchev–Trinajstić information content (AvgIpc) is 4.01. The van der Waals surface area contributed by atoms with Crippen molar-refractivity contribution in [2.24, 2.45) is 0 Å². The molecule has 330 valence electrons. The van der Waals surface area contributed by atoms with Crippen LogP contribution in [0.25, 0.3) is 105 Å². The maximum Gasteiger partial charge on any atom is 0.235 e. The molecule has 1 aliphatic rings. The highest BCUT2D eigenvalue weighted by atomic mass is 16.3. The van der Waals surface area contributed by atoms with Crippen molar-refractivity contribution < 1.29 is 4.42 Å². The Hall–Kier alpha value is -9.13. The molecule has 0 N–H and O–H groups in total. The van der Waals surface area contributed by atoms with E-state index in [1.54, 1.807) is 0 Å². The van der Waals surface area contributed by atoms with Crippen LogP contribution >= 0.6 is 0 Å². The molecule has 13 aromatic rings. The molecule has 0 radical (unpaired) electrons. The summed E-state index contributed by atoms with van der Waals surface area (Å²) in [7, 11) is 0. The molecule has 0 aliphatic carbocycles. The Kier molecular flexibility index (Phi) is 8.83. The van der Waals surface area contributed by atoms with E-state index in [-0.39, 0.29) is 5.41 Å². The SMILES string of the molecule is CC1(C)c2ccccc2N(c2ccccc2)c2ccc(-c3ccc4c(c3)c3ccc5nc(-c6ccccc6)oc5c3n4-c3nc(-c4ccc(-c5cccc6ccccc56)cc4)c4ccccc4n3)cc21. The Labute approximate surface area is 404 Å². The van der Waals surface area contributed by atoms with Crippen LogP contribution in [0.1, 0.15) is 25.0 Å². The second-order valence-electron chi connectivity index (χ2n) is 18.8. The van der Waals surface area contributed by atoms with E-state index in [4.69, 9.17) is 19.4 Å². The van der Waals surface area contributed by atoms with Gasteiger partial charge in [-0.2, -0.15) is 0 Å². The zero-order valence-corrected chi connectivity index (χ0v) is 38.5. The van der Waals surface area contributed by atoms with Crippen molar-refractivity contribution in [3.8, 4) is 50.9 Å². The van der Waals surface area contributed by atoms with Gasteiger partial charge in [-0.1, -0.05) is 166 Å². The summed E-state index contributed by atoms with van der Waals surface area (Å²) in [5.74, 6) is 1.12. The number of aromatic nitrogens is 4. The summed E-state index contributed by atoms with van der Waals surface area (Å²) < 4.78 is 9.01. The van der Waals surface area contributed by atoms with Crippen molar-refractivity contribution in [2.75, 3.05) is 4.90 Å². The van der Waals surface area contributed by atoms with Gasteiger partial charge in [-0.05, 0) is 117 Å². The van der Waals surface area contributed by atoms with Crippen LogP contribution in [0.3, 0.4) is 0 Å². The van der Waals surface area contributed by atoms with Gasteiger partial charge in [0.1, 0.15) is 11.0 Å². The van der Waals surface area contributed by atoms with Crippen LogP contribution < -0.4 is 4.90 Å². The monoisotopic (exact) mass is 897 g/mol. The number of hydrogen-bond acceptors (Lipinski definition) is 5. The van der Waals surface area contributed by atoms with Crippen LogP contribution in [0.2, 0.25) is 0 Å². The van der Waals surface area contributed by atoms with Gasteiger partial charge in [0.25, 0.3) is 0 Å². The molecule has 70 heavy (non-hydrogen) atoms. The van der Waals surface area contributed by atoms with Crippen molar-refractivity contribution in [1.29, 1.82) is 0 Å². The average molecular weight is 898 g/mol. The lowest BCUT2D eigenvalue weighted by atomic mass is 9.73. The summed E-state index contributed by atoms with van der Waals surface area (Å²) in [6, 6.07) is 79.7. The van der Waals surface area contributed by atoms with E-state index < -0.39 is 0 Å². The third kappa shape index (κ3) is 6.16. The van der Waals surface area contributed by atoms with Gasteiger partial charge in [0.05, 0.1) is 28.1 Å². The first kappa shape index (κ1) is 40.0. The molecule has 0 saturated heterocycles. The summed E-state index contributed by atoms with van der Waals surface area (Å²) in [5.41, 5.74) is 17.4. The predicted octanol–water partition coefficient (Wildman–Crippen LogP) is 16.8. The van der Waals surface area contributed by atoms with E-state index >= 15 is 0 Å². The third-order valence-electron chi connectivity index (χ3n) is 14.4. The van der Waals surface area contributed by atoms with Gasteiger partial charge in [-0.3, -0.25) is 4.57 Å². The van der Waals surface area contributed by atoms with E-state index in [0.717, 1.165) is 77.4 Å². The number of oxazole rings is 1. The lowest BCUT2D eigenvalue weighted by Crippen LogP contribution is -2.30. The number of para-hydroxylation sites is 3. The van der Waals surface area contributed by atoms with E-state index in [1.807, 2.05) is 36.4 Å². The molecule has 14 rings (SSSR count). The fraction of sp³-hybridized carbons (Fsp3) is 0.0469. The zero-order valence-electron chi connectivity index (χ0n) is 38.5. The molecule has 4 heterocycles. The molecule has 1 aliphatic heterocycles. The van der Waals surface area contributed by atoms with Crippen LogP contribution in [-0.2, 0) is 5.41 Å². The highest BCUT2D eigenvalue weighted by Crippen LogP contribution is 2.53. The molecule has 3 aromatic heterocycles. The molecule has 10 aromatic carbocycles. The molecular weight excluding hydrogens is 855 g/mol. The fourth-order valence-electron chi connectivity index (χ4n) is 11.0. The van der Waals surface area contributed by atoms with Gasteiger partial charge in [0.2, 0.25) is 11.8 Å². The van der Waals surface area contributed by atoms with Gasteiger partial charge in [0.15, 0.2) is 5.58 Å². The first-order valence-electron chi connectivity index (χ1n) is 23.8. The molecule has 6 nitrogen and oxygen atoms in total. The normalized spacial score (nSPS) is 13.1. The van der Waals surface area contributed by atoms with Gasteiger partial charge in [-0.15, -0.1) is 0 Å². The van der Waals surface area contributed by atoms with Gasteiger partial charge in [-0.25, -0.2) is 15.0 Å². The van der Waals surface area contributed by atoms with Crippen LogP contribution in [-0.4, -0.2) is 19.5 Å². The molecule has 0 atom stereocenters. The first-order chi connectivity index (χ1) is 34.5. The predicted molar refractivity (Wildman–Crippen MR) is 288 cm³/mol. The number of nitrogens with zero attached hydrogens (tertiary/aromatic N) is 5. The molecule has 0 unspecified atom stereocenters. The van der Waals surface area contributed by atoms with E-state index in [1.165, 1.54) is 38.8 Å². The maximum atomic E-state index is 6.83. The summed E-state index contributed by atoms with van der Waals surface area (Å²) in [6.07, 6.45) is 0. The highest BCUT2D eigenvalue weighted by molar-refractivity contribution is 6.17. The number of anilines is 3. The van der Waals surface area contributed by atoms with E-state index in [2.05, 4.69) is 211 Å². The van der Waals surface area contributed by atoms with Crippen LogP contribution in [0.4, 0.5) is 17.1 Å². The van der Waals surface area contributed by atoms with Gasteiger partial charge < -0.3 is 9.32 Å². The molecule has 0 fully saturated rings. The second-order valence-corrected chi connectivity index (χ2v) is 18.8. The summed E-state index contributed by atoms with van der Waals surface area (Å²) >= 11 is 0. The maximum absolute atomic E-state index is 6.83. The molecule has 0 amide bonds. The van der Waals surface area contributed by atoms with Crippen molar-refractivity contribution in [3.05, 3.63) is 236 Å². The first-order valence-corrected chi connectivity index (χ1v) is 23.8. The lowest BCUT2D eigenvalue weighted by molar-refractivity contribution is 0.621. The number of hydrogen-bond donors (Lipinski definition) is 0. The van der Waals surface area contributed by atoms with Crippen LogP contribution in [0.5, 0.6) is 0 Å². The van der Waals surface area contributed by atoms with Crippen molar-refractivity contribution in [3.63, 3.8) is 0 Å². The summed E-state index contributed by atoms with van der Waals surface area (Å²) in [5, 5.41) is 5.52. The Morgan fingerprint density at radius 3 is 1.96 bits per heavy atom. The Morgan fingerprint density at radius 2 is 1.10 bits per heavy atom. The Balaban J connectivity index is 0.968. The van der Waals surface area contributed by atoms with Gasteiger partial charge in [0, 0.05) is 38.4 Å². The molecular formula is C64H43N5O. The van der Waals surface area contributed by atoms with Crippen LogP contribution in [0, 0.1) is 0 Å².